The Labute approximate surface area is 213 Å². The molecule has 0 aliphatic carbocycles. The Kier molecular flexibility index (Phi) is 7.93. The number of ether oxygens (including phenoxy) is 1. The lowest BCUT2D eigenvalue weighted by atomic mass is 9.94. The van der Waals surface area contributed by atoms with Crippen LogP contribution in [0.15, 0.2) is 58.1 Å². The highest BCUT2D eigenvalue weighted by Gasteiger charge is 2.30. The van der Waals surface area contributed by atoms with Gasteiger partial charge in [0.15, 0.2) is 11.6 Å². The summed E-state index contributed by atoms with van der Waals surface area (Å²) in [6.45, 7) is 6.20. The number of hydrogen-bond donors (Lipinski definition) is 1. The van der Waals surface area contributed by atoms with Gasteiger partial charge < -0.3 is 14.7 Å². The van der Waals surface area contributed by atoms with Gasteiger partial charge in [0.25, 0.3) is 5.56 Å². The third-order valence-electron chi connectivity index (χ3n) is 5.65. The second-order valence-electron chi connectivity index (χ2n) is 9.45. The van der Waals surface area contributed by atoms with Gasteiger partial charge >= 0.3 is 11.7 Å². The van der Waals surface area contributed by atoms with Crippen LogP contribution in [-0.4, -0.2) is 33.4 Å². The van der Waals surface area contributed by atoms with Gasteiger partial charge in [0.1, 0.15) is 5.82 Å². The average molecular weight is 518 g/mol. The Bertz CT molecular complexity index is 1380. The summed E-state index contributed by atoms with van der Waals surface area (Å²) in [4.78, 5) is 39.7. The maximum Gasteiger partial charge on any atom is 0.332 e. The monoisotopic (exact) mass is 517 g/mol. The molecule has 1 aromatic heterocycles. The molecule has 0 saturated carbocycles. The summed E-state index contributed by atoms with van der Waals surface area (Å²) in [6.07, 6.45) is -0.213. The molecule has 0 radical (unpaired) electrons. The molecule has 0 saturated heterocycles. The lowest BCUT2D eigenvalue weighted by Gasteiger charge is -2.26. The molecule has 0 spiro atoms. The summed E-state index contributed by atoms with van der Waals surface area (Å²) in [6, 6.07) is 12.4. The lowest BCUT2D eigenvalue weighted by molar-refractivity contribution is -0.147. The van der Waals surface area contributed by atoms with Crippen molar-refractivity contribution in [2.75, 3.05) is 11.9 Å². The number of anilines is 2. The van der Waals surface area contributed by atoms with Gasteiger partial charge in [-0.2, -0.15) is 0 Å². The molecule has 0 aliphatic heterocycles. The van der Waals surface area contributed by atoms with Crippen LogP contribution in [0.5, 0.6) is 5.75 Å². The van der Waals surface area contributed by atoms with E-state index >= 15 is 0 Å². The topological polar surface area (TPSA) is 93.8 Å². The quantitative estimate of drug-likeness (QED) is 0.448. The lowest BCUT2D eigenvalue weighted by Crippen LogP contribution is -2.45. The van der Waals surface area contributed by atoms with Crippen molar-refractivity contribution < 1.29 is 19.0 Å². The molecule has 36 heavy (non-hydrogen) atoms. The molecule has 0 aliphatic rings. The highest BCUT2D eigenvalue weighted by atomic mass is 35.5. The van der Waals surface area contributed by atoms with E-state index in [9.17, 15) is 23.9 Å². The molecular formula is C26H29ClFN3O5. The van der Waals surface area contributed by atoms with Gasteiger partial charge in [0.05, 0.1) is 18.1 Å². The van der Waals surface area contributed by atoms with Crippen molar-refractivity contribution >= 4 is 29.1 Å². The van der Waals surface area contributed by atoms with E-state index in [0.29, 0.717) is 10.7 Å². The largest absolute Gasteiger partial charge is 0.488 e. The van der Waals surface area contributed by atoms with Crippen molar-refractivity contribution in [1.82, 2.24) is 9.13 Å². The number of carbonyl (C=O) groups is 1. The maximum absolute atomic E-state index is 14.7. The van der Waals surface area contributed by atoms with E-state index in [1.165, 1.54) is 41.5 Å². The van der Waals surface area contributed by atoms with E-state index in [4.69, 9.17) is 16.3 Å². The zero-order valence-electron chi connectivity index (χ0n) is 20.8. The zero-order valence-corrected chi connectivity index (χ0v) is 21.5. The van der Waals surface area contributed by atoms with Crippen molar-refractivity contribution in [2.24, 2.45) is 5.41 Å². The number of rotatable bonds is 9. The minimum atomic E-state index is -1.36. The summed E-state index contributed by atoms with van der Waals surface area (Å²) < 4.78 is 22.4. The molecular weight excluding hydrogens is 489 g/mol. The minimum Gasteiger partial charge on any atom is -0.488 e. The van der Waals surface area contributed by atoms with E-state index in [1.54, 1.807) is 51.2 Å². The summed E-state index contributed by atoms with van der Waals surface area (Å²) in [5, 5.41) is 10.0. The fourth-order valence-corrected chi connectivity index (χ4v) is 3.72. The van der Waals surface area contributed by atoms with Gasteiger partial charge in [-0.1, -0.05) is 23.7 Å². The van der Waals surface area contributed by atoms with Gasteiger partial charge in [-0.25, -0.2) is 9.18 Å². The summed E-state index contributed by atoms with van der Waals surface area (Å²) >= 11 is 5.99. The predicted molar refractivity (Wildman–Crippen MR) is 137 cm³/mol. The van der Waals surface area contributed by atoms with Gasteiger partial charge in [-0.05, 0) is 57.5 Å². The van der Waals surface area contributed by atoms with Crippen molar-refractivity contribution in [3.8, 4) is 5.75 Å². The van der Waals surface area contributed by atoms with Gasteiger partial charge in [-0.15, -0.1) is 0 Å². The SMILES string of the molecule is CC(C)Oc1ccc(N(C)c2cc(=O)n(CC(C)(C)C(=O)O)c(=O)n2Cc2ccc(Cl)cc2)cc1F. The van der Waals surface area contributed by atoms with Crippen LogP contribution in [0.1, 0.15) is 33.3 Å². The first kappa shape index (κ1) is 27.0. The molecule has 192 valence electrons. The molecule has 0 fully saturated rings. The third-order valence-corrected chi connectivity index (χ3v) is 5.90. The van der Waals surface area contributed by atoms with Crippen LogP contribution in [0.2, 0.25) is 5.02 Å². The molecule has 3 aromatic rings. The number of nitrogens with zero attached hydrogens (tertiary/aromatic N) is 3. The van der Waals surface area contributed by atoms with Crippen LogP contribution in [0.4, 0.5) is 15.9 Å². The molecule has 0 bridgehead atoms. The molecule has 1 N–H and O–H groups in total. The van der Waals surface area contributed by atoms with Crippen LogP contribution in [0.25, 0.3) is 0 Å². The number of aromatic nitrogens is 2. The molecule has 3 rings (SSSR count). The standard InChI is InChI=1S/C26H29ClFN3O5/c1-16(2)36-21-11-10-19(12-20(21)28)29(5)22-13-23(32)31(15-26(3,4)24(33)34)25(35)30(22)14-17-6-8-18(27)9-7-17/h6-13,16H,14-15H2,1-5H3,(H,33,34). The maximum atomic E-state index is 14.7. The fourth-order valence-electron chi connectivity index (χ4n) is 3.59. The number of aliphatic carboxylic acids is 1. The van der Waals surface area contributed by atoms with E-state index in [1.807, 2.05) is 0 Å². The molecule has 0 unspecified atom stereocenters. The number of carboxylic acid groups (broad SMARTS) is 1. The average Bonchev–Trinajstić information content (AvgIpc) is 2.80. The molecule has 0 atom stereocenters. The first-order valence-corrected chi connectivity index (χ1v) is 11.7. The second kappa shape index (κ2) is 10.6. The van der Waals surface area contributed by atoms with Crippen molar-refractivity contribution in [3.63, 3.8) is 0 Å². The van der Waals surface area contributed by atoms with Crippen molar-refractivity contribution in [1.29, 1.82) is 0 Å². The Morgan fingerprint density at radius 2 is 1.75 bits per heavy atom. The smallest absolute Gasteiger partial charge is 0.332 e. The van der Waals surface area contributed by atoms with Crippen LogP contribution in [0, 0.1) is 11.2 Å². The van der Waals surface area contributed by atoms with E-state index in [0.717, 1.165) is 10.1 Å². The Hall–Kier alpha value is -3.59. The Balaban J connectivity index is 2.15. The first-order valence-electron chi connectivity index (χ1n) is 11.3. The zero-order chi connectivity index (χ0) is 26.8. The van der Waals surface area contributed by atoms with Crippen LogP contribution in [0.3, 0.4) is 0 Å². The van der Waals surface area contributed by atoms with E-state index in [-0.39, 0.29) is 30.8 Å². The number of halogens is 2. The van der Waals surface area contributed by atoms with Crippen molar-refractivity contribution in [2.45, 2.75) is 46.9 Å². The van der Waals surface area contributed by atoms with Crippen LogP contribution < -0.4 is 20.9 Å². The van der Waals surface area contributed by atoms with Gasteiger partial charge in [0, 0.05) is 36.4 Å². The normalized spacial score (nSPS) is 11.6. The highest BCUT2D eigenvalue weighted by molar-refractivity contribution is 6.30. The van der Waals surface area contributed by atoms with Crippen molar-refractivity contribution in [3.05, 3.63) is 85.8 Å². The molecule has 2 aromatic carbocycles. The minimum absolute atomic E-state index is 0.0699. The number of carboxylic acids is 1. The highest BCUT2D eigenvalue weighted by Crippen LogP contribution is 2.28. The summed E-state index contributed by atoms with van der Waals surface area (Å²) in [5.41, 5.74) is -1.59. The van der Waals surface area contributed by atoms with E-state index in [2.05, 4.69) is 0 Å². The third kappa shape index (κ3) is 5.96. The summed E-state index contributed by atoms with van der Waals surface area (Å²) in [5.74, 6) is -1.43. The van der Waals surface area contributed by atoms with Gasteiger partial charge in [0.2, 0.25) is 0 Å². The van der Waals surface area contributed by atoms with Crippen LogP contribution in [-0.2, 0) is 17.9 Å². The number of hydrogen-bond acceptors (Lipinski definition) is 5. The van der Waals surface area contributed by atoms with Crippen LogP contribution >= 0.6 is 11.6 Å². The second-order valence-corrected chi connectivity index (χ2v) is 9.89. The summed E-state index contributed by atoms with van der Waals surface area (Å²) in [7, 11) is 1.61. The Morgan fingerprint density at radius 1 is 1.11 bits per heavy atom. The molecule has 0 amide bonds. The number of benzene rings is 2. The Morgan fingerprint density at radius 3 is 2.31 bits per heavy atom. The molecule has 10 heteroatoms. The van der Waals surface area contributed by atoms with E-state index < -0.39 is 28.5 Å². The molecule has 8 nitrogen and oxygen atoms in total. The fraction of sp³-hybridized carbons (Fsp3) is 0.346. The predicted octanol–water partition coefficient (Wildman–Crippen LogP) is 4.52. The van der Waals surface area contributed by atoms with Gasteiger partial charge in [-0.3, -0.25) is 18.7 Å². The molecule has 1 heterocycles. The first-order chi connectivity index (χ1) is 16.8.